The number of aryl methyl sites for hydroxylation is 1. The van der Waals surface area contributed by atoms with E-state index in [0.29, 0.717) is 13.0 Å². The van der Waals surface area contributed by atoms with Crippen molar-refractivity contribution in [2.45, 2.75) is 95.5 Å². The molecular weight excluding hydrogens is 476 g/mol. The number of nitrogens with zero attached hydrogens (tertiary/aromatic N) is 2. The van der Waals surface area contributed by atoms with Crippen LogP contribution in [0.1, 0.15) is 66.0 Å². The molecule has 2 saturated carbocycles. The highest BCUT2D eigenvalue weighted by molar-refractivity contribution is 7.11. The van der Waals surface area contributed by atoms with Crippen LogP contribution in [0.4, 0.5) is 0 Å². The summed E-state index contributed by atoms with van der Waals surface area (Å²) < 4.78 is 0. The molecule has 2 amide bonds. The predicted octanol–water partition coefficient (Wildman–Crippen LogP) is 4.28. The molecule has 3 fully saturated rings. The number of hydrogen-bond donors (Lipinski definition) is 2. The summed E-state index contributed by atoms with van der Waals surface area (Å²) >= 11 is 3.64. The van der Waals surface area contributed by atoms with Gasteiger partial charge in [0, 0.05) is 58.3 Å². The average Bonchev–Trinajstić information content (AvgIpc) is 3.43. The summed E-state index contributed by atoms with van der Waals surface area (Å²) in [4.78, 5) is 35.2. The molecule has 2 aromatic rings. The van der Waals surface area contributed by atoms with E-state index in [-0.39, 0.29) is 41.9 Å². The molecule has 2 aromatic heterocycles. The zero-order valence-electron chi connectivity index (χ0n) is 20.7. The number of amides is 2. The Morgan fingerprint density at radius 1 is 1.06 bits per heavy atom. The van der Waals surface area contributed by atoms with Gasteiger partial charge in [0.25, 0.3) is 0 Å². The molecule has 0 radical (unpaired) electrons. The van der Waals surface area contributed by atoms with Gasteiger partial charge in [-0.3, -0.25) is 14.5 Å². The van der Waals surface area contributed by atoms with Crippen molar-refractivity contribution < 1.29 is 9.59 Å². The van der Waals surface area contributed by atoms with E-state index >= 15 is 0 Å². The average molecular weight is 515 g/mol. The molecule has 3 heterocycles. The summed E-state index contributed by atoms with van der Waals surface area (Å²) in [6.45, 7) is 4.58. The zero-order valence-corrected chi connectivity index (χ0v) is 22.3. The maximum atomic E-state index is 13.6. The lowest BCUT2D eigenvalue weighted by Crippen LogP contribution is -2.58. The normalized spacial score (nSPS) is 27.2. The van der Waals surface area contributed by atoms with E-state index < -0.39 is 0 Å². The molecule has 0 spiro atoms. The van der Waals surface area contributed by atoms with Gasteiger partial charge in [-0.15, -0.1) is 22.7 Å². The Morgan fingerprint density at radius 3 is 2.49 bits per heavy atom. The number of nitrogens with two attached hydrogens (primary N) is 1. The summed E-state index contributed by atoms with van der Waals surface area (Å²) in [6.07, 6.45) is 7.33. The Hall–Kier alpha value is -1.74. The quantitative estimate of drug-likeness (QED) is 0.551. The maximum absolute atomic E-state index is 13.6. The first-order valence-electron chi connectivity index (χ1n) is 13.1. The highest BCUT2D eigenvalue weighted by Gasteiger charge is 2.43. The Morgan fingerprint density at radius 2 is 1.83 bits per heavy atom. The van der Waals surface area contributed by atoms with Gasteiger partial charge in [0.1, 0.15) is 6.04 Å². The molecule has 1 aliphatic heterocycles. The van der Waals surface area contributed by atoms with Gasteiger partial charge in [0.15, 0.2) is 0 Å². The van der Waals surface area contributed by atoms with Gasteiger partial charge >= 0.3 is 0 Å². The molecule has 2 atom stereocenters. The Labute approximate surface area is 216 Å². The molecule has 1 unspecified atom stereocenters. The minimum atomic E-state index is -0.381. The smallest absolute Gasteiger partial charge is 0.243 e. The van der Waals surface area contributed by atoms with Crippen molar-refractivity contribution in [3.63, 3.8) is 0 Å². The van der Waals surface area contributed by atoms with Crippen LogP contribution >= 0.6 is 22.7 Å². The zero-order chi connectivity index (χ0) is 24.4. The molecule has 8 heteroatoms. The van der Waals surface area contributed by atoms with E-state index in [1.807, 2.05) is 16.2 Å². The van der Waals surface area contributed by atoms with Crippen LogP contribution in [0.3, 0.4) is 0 Å². The minimum Gasteiger partial charge on any atom is -0.352 e. The molecule has 3 aliphatic rings. The lowest BCUT2D eigenvalue weighted by atomic mass is 9.90. The van der Waals surface area contributed by atoms with E-state index in [1.165, 1.54) is 14.6 Å². The van der Waals surface area contributed by atoms with Crippen molar-refractivity contribution in [1.29, 1.82) is 0 Å². The van der Waals surface area contributed by atoms with Crippen LogP contribution < -0.4 is 11.1 Å². The van der Waals surface area contributed by atoms with Crippen molar-refractivity contribution in [2.24, 2.45) is 11.7 Å². The molecule has 190 valence electrons. The van der Waals surface area contributed by atoms with Crippen molar-refractivity contribution in [1.82, 2.24) is 15.1 Å². The van der Waals surface area contributed by atoms with Crippen LogP contribution in [-0.4, -0.2) is 52.3 Å². The molecule has 0 aromatic carbocycles. The number of hydrogen-bond acceptors (Lipinski definition) is 6. The number of carbonyl (C=O) groups excluding carboxylic acids is 2. The Kier molecular flexibility index (Phi) is 7.92. The summed E-state index contributed by atoms with van der Waals surface area (Å²) in [5.41, 5.74) is 6.07. The highest BCUT2D eigenvalue weighted by atomic mass is 32.1. The fraction of sp³-hybridized carbons (Fsp3) is 0.630. The molecule has 2 aliphatic carbocycles. The molecule has 6 nitrogen and oxygen atoms in total. The molecule has 0 bridgehead atoms. The van der Waals surface area contributed by atoms with E-state index in [2.05, 4.69) is 46.8 Å². The summed E-state index contributed by atoms with van der Waals surface area (Å²) in [7, 11) is 0. The predicted molar refractivity (Wildman–Crippen MR) is 142 cm³/mol. The van der Waals surface area contributed by atoms with Crippen LogP contribution in [0.25, 0.3) is 0 Å². The number of nitrogens with one attached hydrogen (secondary N) is 1. The van der Waals surface area contributed by atoms with Crippen LogP contribution in [0.5, 0.6) is 0 Å². The van der Waals surface area contributed by atoms with Gasteiger partial charge in [0.05, 0.1) is 0 Å². The number of rotatable bonds is 8. The van der Waals surface area contributed by atoms with Crippen molar-refractivity contribution in [3.8, 4) is 0 Å². The molecule has 5 rings (SSSR count). The van der Waals surface area contributed by atoms with Crippen LogP contribution in [0.2, 0.25) is 0 Å². The van der Waals surface area contributed by atoms with Crippen LogP contribution in [-0.2, 0) is 22.7 Å². The minimum absolute atomic E-state index is 0.0345. The third-order valence-corrected chi connectivity index (χ3v) is 9.66. The topological polar surface area (TPSA) is 78.7 Å². The van der Waals surface area contributed by atoms with Crippen molar-refractivity contribution in [3.05, 3.63) is 44.3 Å². The van der Waals surface area contributed by atoms with E-state index in [4.69, 9.17) is 5.73 Å². The number of thiophene rings is 2. The second-order valence-electron chi connectivity index (χ2n) is 10.6. The third-order valence-electron chi connectivity index (χ3n) is 7.82. The molecule has 35 heavy (non-hydrogen) atoms. The van der Waals surface area contributed by atoms with Crippen LogP contribution in [0.15, 0.2) is 29.6 Å². The molecular formula is C27H38N4O2S2. The van der Waals surface area contributed by atoms with Gasteiger partial charge in [0.2, 0.25) is 11.8 Å². The van der Waals surface area contributed by atoms with E-state index in [1.54, 1.807) is 11.3 Å². The maximum Gasteiger partial charge on any atom is 0.243 e. The SMILES string of the molecule is Cc1ccc(CN(Cc2cccs2)C2CCN(C(=O)C3CC3)[C@@H](C(=O)NC3CCC(N)CC3)C2)s1. The summed E-state index contributed by atoms with van der Waals surface area (Å²) in [5.74, 6) is 0.353. The number of piperidine rings is 1. The first kappa shape index (κ1) is 24.9. The third kappa shape index (κ3) is 6.34. The van der Waals surface area contributed by atoms with Crippen molar-refractivity contribution in [2.75, 3.05) is 6.54 Å². The second kappa shape index (κ2) is 11.1. The van der Waals surface area contributed by atoms with Gasteiger partial charge < -0.3 is 16.0 Å². The monoisotopic (exact) mass is 514 g/mol. The fourth-order valence-electron chi connectivity index (χ4n) is 5.60. The first-order chi connectivity index (χ1) is 17.0. The Bertz CT molecular complexity index is 995. The van der Waals surface area contributed by atoms with E-state index in [9.17, 15) is 9.59 Å². The lowest BCUT2D eigenvalue weighted by Gasteiger charge is -2.43. The van der Waals surface area contributed by atoms with Gasteiger partial charge in [-0.2, -0.15) is 0 Å². The van der Waals surface area contributed by atoms with Crippen LogP contribution in [0, 0.1) is 12.8 Å². The second-order valence-corrected chi connectivity index (χ2v) is 13.0. The largest absolute Gasteiger partial charge is 0.352 e. The lowest BCUT2D eigenvalue weighted by molar-refractivity contribution is -0.145. The first-order valence-corrected chi connectivity index (χ1v) is 14.8. The van der Waals surface area contributed by atoms with Crippen molar-refractivity contribution >= 4 is 34.5 Å². The standard InChI is InChI=1S/C27H38N4O2S2/c1-18-4-11-24(35-18)17-30(16-23-3-2-14-34-23)22-12-13-31(27(33)19-5-6-19)25(15-22)26(32)29-21-9-7-20(28)8-10-21/h2-4,11,14,19-22,25H,5-10,12-13,15-17,28H2,1H3,(H,29,32)/t20?,21?,22?,25-/m1/s1. The number of carbonyl (C=O) groups is 2. The summed E-state index contributed by atoms with van der Waals surface area (Å²) in [5, 5.41) is 5.44. The van der Waals surface area contributed by atoms with Gasteiger partial charge in [-0.05, 0) is 81.9 Å². The van der Waals surface area contributed by atoms with Gasteiger partial charge in [-0.1, -0.05) is 6.07 Å². The summed E-state index contributed by atoms with van der Waals surface area (Å²) in [6, 6.07) is 9.03. The fourth-order valence-corrected chi connectivity index (χ4v) is 7.25. The Balaban J connectivity index is 1.32. The molecule has 1 saturated heterocycles. The van der Waals surface area contributed by atoms with Gasteiger partial charge in [-0.25, -0.2) is 0 Å². The highest BCUT2D eigenvalue weighted by Crippen LogP contribution is 2.35. The van der Waals surface area contributed by atoms with E-state index in [0.717, 1.165) is 58.0 Å². The molecule has 3 N–H and O–H groups in total. The number of likely N-dealkylation sites (tertiary alicyclic amines) is 1.